The summed E-state index contributed by atoms with van der Waals surface area (Å²) in [5.74, 6) is -1.72. The van der Waals surface area contributed by atoms with Crippen molar-refractivity contribution >= 4 is 44.2 Å². The molecule has 0 unspecified atom stereocenters. The normalized spacial score (nSPS) is 21.8. The maximum absolute atomic E-state index is 14.8. The van der Waals surface area contributed by atoms with Crippen LogP contribution in [0.2, 0.25) is 0 Å². The quantitative estimate of drug-likeness (QED) is 0.280. The van der Waals surface area contributed by atoms with Crippen LogP contribution in [0.15, 0.2) is 47.4 Å². The van der Waals surface area contributed by atoms with Crippen molar-refractivity contribution in [2.45, 2.75) is 59.4 Å². The molecule has 6 nitrogen and oxygen atoms in total. The Bertz CT molecular complexity index is 1410. The minimum Gasteiger partial charge on any atom is -0.369 e. The molecule has 2 aromatic rings. The van der Waals surface area contributed by atoms with Gasteiger partial charge in [0.15, 0.2) is 9.84 Å². The summed E-state index contributed by atoms with van der Waals surface area (Å²) >= 11 is 1.94. The van der Waals surface area contributed by atoms with Crippen LogP contribution in [0.25, 0.3) is 0 Å². The lowest BCUT2D eigenvalue weighted by atomic mass is 9.76. The highest BCUT2D eigenvalue weighted by atomic mass is 127. The highest BCUT2D eigenvalue weighted by molar-refractivity contribution is 14.1. The van der Waals surface area contributed by atoms with E-state index >= 15 is 0 Å². The number of benzene rings is 2. The second kappa shape index (κ2) is 9.59. The number of fused-ring (bicyclic) bond motifs is 3. The van der Waals surface area contributed by atoms with E-state index in [0.717, 1.165) is 11.0 Å². The number of amides is 2. The molecule has 0 aromatic heterocycles. The lowest BCUT2D eigenvalue weighted by Gasteiger charge is -2.43. The van der Waals surface area contributed by atoms with E-state index in [9.17, 15) is 48.7 Å². The van der Waals surface area contributed by atoms with Crippen LogP contribution in [0.3, 0.4) is 0 Å². The predicted octanol–water partition coefficient (Wildman–Crippen LogP) is 4.67. The summed E-state index contributed by atoms with van der Waals surface area (Å²) in [6.45, 7) is -0.167. The average Bonchev–Trinajstić information content (AvgIpc) is 3.23. The maximum Gasteiger partial charge on any atom is 0.435 e. The van der Waals surface area contributed by atoms with Crippen LogP contribution in [0.1, 0.15) is 36.0 Å². The standard InChI is InChI=1S/C24H20F7IN2O4S/c25-22(23(26,27)28,24(29,30)31)14-2-7-17-13(11-14)1-8-18-21(17,9-10-34(18)20(36)12-19(33)35)39(37,38)16-5-3-15(32)4-6-16/h2-7,11,18H,1,8-10,12H2,(H2,33,35)/t18-,21-/m1/s1. The SMILES string of the molecule is NC(=O)CC(=O)N1CC[C@@]2(S(=O)(=O)c3ccc(I)cc3)c3ccc(C(F)(C(F)(F)F)C(F)(F)F)cc3CC[C@@H]12. The second-order valence-electron chi connectivity index (χ2n) is 9.41. The Balaban J connectivity index is 1.95. The number of sulfone groups is 1. The number of primary amides is 1. The molecule has 2 aliphatic rings. The molecule has 1 aliphatic heterocycles. The lowest BCUT2D eigenvalue weighted by molar-refractivity contribution is -0.348. The van der Waals surface area contributed by atoms with Crippen LogP contribution in [-0.4, -0.2) is 50.1 Å². The van der Waals surface area contributed by atoms with Gasteiger partial charge in [0.2, 0.25) is 11.8 Å². The van der Waals surface area contributed by atoms with Gasteiger partial charge in [-0.15, -0.1) is 0 Å². The number of hydrogen-bond donors (Lipinski definition) is 1. The number of aryl methyl sites for hydroxylation is 1. The Hall–Kier alpha value is -2.43. The molecule has 2 atom stereocenters. The number of alkyl halides is 7. The summed E-state index contributed by atoms with van der Waals surface area (Å²) < 4.78 is 122. The summed E-state index contributed by atoms with van der Waals surface area (Å²) in [6.07, 6.45) is -14.1. The highest BCUT2D eigenvalue weighted by Crippen LogP contribution is 2.56. The lowest BCUT2D eigenvalue weighted by Crippen LogP contribution is -2.53. The third kappa shape index (κ3) is 4.48. The van der Waals surface area contributed by atoms with Crippen LogP contribution >= 0.6 is 22.6 Å². The van der Waals surface area contributed by atoms with Crippen LogP contribution in [0.5, 0.6) is 0 Å². The fourth-order valence-electron chi connectivity index (χ4n) is 5.60. The molecule has 1 saturated heterocycles. The Morgan fingerprint density at radius 1 is 1.00 bits per heavy atom. The van der Waals surface area contributed by atoms with Gasteiger partial charge in [0.1, 0.15) is 11.2 Å². The van der Waals surface area contributed by atoms with Gasteiger partial charge in [-0.25, -0.2) is 12.8 Å². The molecule has 15 heteroatoms. The fourth-order valence-corrected chi connectivity index (χ4v) is 8.33. The summed E-state index contributed by atoms with van der Waals surface area (Å²) in [6, 6.07) is 5.98. The van der Waals surface area contributed by atoms with Gasteiger partial charge in [0.05, 0.1) is 10.9 Å². The van der Waals surface area contributed by atoms with E-state index < -0.39 is 62.4 Å². The van der Waals surface area contributed by atoms with Gasteiger partial charge >= 0.3 is 18.0 Å². The summed E-state index contributed by atoms with van der Waals surface area (Å²) in [5, 5.41) is 0. The van der Waals surface area contributed by atoms with E-state index in [-0.39, 0.29) is 41.8 Å². The van der Waals surface area contributed by atoms with E-state index in [4.69, 9.17) is 5.73 Å². The first kappa shape index (κ1) is 29.6. The van der Waals surface area contributed by atoms with Crippen molar-refractivity contribution < 1.29 is 48.7 Å². The van der Waals surface area contributed by atoms with Crippen LogP contribution in [-0.2, 0) is 36.3 Å². The number of hydrogen-bond acceptors (Lipinski definition) is 4. The molecular weight excluding hydrogens is 672 g/mol. The van der Waals surface area contributed by atoms with Crippen molar-refractivity contribution in [3.8, 4) is 0 Å². The van der Waals surface area contributed by atoms with E-state index in [1.807, 2.05) is 22.6 Å². The van der Waals surface area contributed by atoms with Gasteiger partial charge in [-0.2, -0.15) is 26.3 Å². The topological polar surface area (TPSA) is 97.5 Å². The molecule has 1 heterocycles. The Morgan fingerprint density at radius 3 is 2.13 bits per heavy atom. The van der Waals surface area contributed by atoms with E-state index in [2.05, 4.69) is 0 Å². The number of carbonyl (C=O) groups is 2. The summed E-state index contributed by atoms with van der Waals surface area (Å²) in [7, 11) is -4.44. The minimum absolute atomic E-state index is 0.123. The van der Waals surface area contributed by atoms with Gasteiger partial charge in [-0.3, -0.25) is 9.59 Å². The molecule has 39 heavy (non-hydrogen) atoms. The molecule has 2 N–H and O–H groups in total. The molecule has 0 spiro atoms. The third-order valence-corrected chi connectivity index (χ3v) is 10.6. The molecule has 2 aromatic carbocycles. The number of rotatable bonds is 5. The van der Waals surface area contributed by atoms with Gasteiger partial charge < -0.3 is 10.6 Å². The first-order chi connectivity index (χ1) is 17.9. The van der Waals surface area contributed by atoms with Crippen molar-refractivity contribution in [3.63, 3.8) is 0 Å². The number of nitrogens with two attached hydrogens (primary N) is 1. The molecule has 4 rings (SSSR count). The minimum atomic E-state index is -6.34. The highest BCUT2D eigenvalue weighted by Gasteiger charge is 2.73. The van der Waals surface area contributed by atoms with E-state index in [0.29, 0.717) is 15.7 Å². The molecule has 212 valence electrons. The number of halogens is 8. The van der Waals surface area contributed by atoms with Crippen molar-refractivity contribution in [2.75, 3.05) is 6.54 Å². The Kier molecular flexibility index (Phi) is 7.27. The number of likely N-dealkylation sites (tertiary alicyclic amines) is 1. The number of carbonyl (C=O) groups excluding carboxylic acids is 2. The average molecular weight is 692 g/mol. The van der Waals surface area contributed by atoms with Crippen LogP contribution in [0, 0.1) is 3.57 Å². The first-order valence-corrected chi connectivity index (χ1v) is 14.0. The van der Waals surface area contributed by atoms with Gasteiger partial charge in [0, 0.05) is 15.7 Å². The zero-order chi connectivity index (χ0) is 29.2. The van der Waals surface area contributed by atoms with Crippen molar-refractivity contribution in [3.05, 3.63) is 62.7 Å². The third-order valence-electron chi connectivity index (χ3n) is 7.32. The summed E-state index contributed by atoms with van der Waals surface area (Å²) in [5.41, 5.74) is -2.61. The van der Waals surface area contributed by atoms with Gasteiger partial charge in [0.25, 0.3) is 0 Å². The molecule has 1 fully saturated rings. The number of nitrogens with zero attached hydrogens (tertiary/aromatic N) is 1. The predicted molar refractivity (Wildman–Crippen MR) is 132 cm³/mol. The Labute approximate surface area is 231 Å². The monoisotopic (exact) mass is 692 g/mol. The van der Waals surface area contributed by atoms with Crippen molar-refractivity contribution in [2.24, 2.45) is 5.73 Å². The fraction of sp³-hybridized carbons (Fsp3) is 0.417. The Morgan fingerprint density at radius 2 is 1.59 bits per heavy atom. The zero-order valence-corrected chi connectivity index (χ0v) is 22.7. The molecule has 1 aliphatic carbocycles. The van der Waals surface area contributed by atoms with Gasteiger partial charge in [-0.05, 0) is 77.2 Å². The van der Waals surface area contributed by atoms with Gasteiger partial charge in [-0.1, -0.05) is 18.2 Å². The van der Waals surface area contributed by atoms with Crippen molar-refractivity contribution in [1.29, 1.82) is 0 Å². The molecule has 0 saturated carbocycles. The maximum atomic E-state index is 14.8. The van der Waals surface area contributed by atoms with Crippen LogP contribution < -0.4 is 5.73 Å². The van der Waals surface area contributed by atoms with E-state index in [1.54, 1.807) is 0 Å². The largest absolute Gasteiger partial charge is 0.435 e. The molecule has 0 bridgehead atoms. The molecule has 0 radical (unpaired) electrons. The van der Waals surface area contributed by atoms with Crippen LogP contribution in [0.4, 0.5) is 30.7 Å². The summed E-state index contributed by atoms with van der Waals surface area (Å²) in [4.78, 5) is 25.2. The second-order valence-corrected chi connectivity index (χ2v) is 12.9. The smallest absolute Gasteiger partial charge is 0.369 e. The zero-order valence-electron chi connectivity index (χ0n) is 19.7. The van der Waals surface area contributed by atoms with Crippen molar-refractivity contribution in [1.82, 2.24) is 4.90 Å². The first-order valence-electron chi connectivity index (χ1n) is 11.4. The van der Waals surface area contributed by atoms with E-state index in [1.165, 1.54) is 24.3 Å². The molecule has 2 amide bonds. The molecular formula is C24H20F7IN2O4S.